The number of hydrogen-bond acceptors (Lipinski definition) is 5. The number of ketones is 1. The predicted molar refractivity (Wildman–Crippen MR) is 89.8 cm³/mol. The van der Waals surface area contributed by atoms with Crippen LogP contribution in [0.25, 0.3) is 5.69 Å². The molecule has 0 unspecified atom stereocenters. The Morgan fingerprint density at radius 1 is 1.25 bits per heavy atom. The predicted octanol–water partition coefficient (Wildman–Crippen LogP) is 2.95. The third-order valence-corrected chi connectivity index (χ3v) is 3.62. The molecule has 1 N–H and O–H groups in total. The molecule has 0 amide bonds. The maximum atomic E-state index is 11.8. The SMILES string of the molecule is CC(=O)c1ccc(C#N)cc1NCc1nncn1-c1ccccc1. The highest BCUT2D eigenvalue weighted by molar-refractivity contribution is 5.99. The molecule has 0 fully saturated rings. The summed E-state index contributed by atoms with van der Waals surface area (Å²) in [5.41, 5.74) is 2.60. The van der Waals surface area contributed by atoms with Gasteiger partial charge in [0.1, 0.15) is 6.33 Å². The minimum Gasteiger partial charge on any atom is -0.377 e. The van der Waals surface area contributed by atoms with Gasteiger partial charge in [-0.2, -0.15) is 5.26 Å². The zero-order valence-electron chi connectivity index (χ0n) is 13.1. The summed E-state index contributed by atoms with van der Waals surface area (Å²) in [5, 5.41) is 20.3. The molecule has 3 rings (SSSR count). The Morgan fingerprint density at radius 2 is 2.04 bits per heavy atom. The number of nitriles is 1. The third kappa shape index (κ3) is 3.15. The van der Waals surface area contributed by atoms with Crippen molar-refractivity contribution >= 4 is 11.5 Å². The van der Waals surface area contributed by atoms with Crippen LogP contribution in [0, 0.1) is 11.3 Å². The van der Waals surface area contributed by atoms with Gasteiger partial charge in [-0.05, 0) is 37.3 Å². The number of rotatable bonds is 5. The van der Waals surface area contributed by atoms with Crippen LogP contribution < -0.4 is 5.32 Å². The quantitative estimate of drug-likeness (QED) is 0.731. The maximum absolute atomic E-state index is 11.8. The highest BCUT2D eigenvalue weighted by Crippen LogP contribution is 2.19. The van der Waals surface area contributed by atoms with Crippen molar-refractivity contribution in [2.45, 2.75) is 13.5 Å². The molecule has 0 spiro atoms. The van der Waals surface area contributed by atoms with E-state index in [-0.39, 0.29) is 5.78 Å². The molecule has 0 saturated carbocycles. The van der Waals surface area contributed by atoms with Crippen LogP contribution in [-0.2, 0) is 6.54 Å². The molecule has 0 radical (unpaired) electrons. The van der Waals surface area contributed by atoms with E-state index in [4.69, 9.17) is 5.26 Å². The molecular weight excluding hydrogens is 302 g/mol. The van der Waals surface area contributed by atoms with Crippen molar-refractivity contribution in [3.8, 4) is 11.8 Å². The Morgan fingerprint density at radius 3 is 2.75 bits per heavy atom. The first-order valence-electron chi connectivity index (χ1n) is 7.42. The molecule has 1 aromatic heterocycles. The van der Waals surface area contributed by atoms with Crippen LogP contribution in [0.2, 0.25) is 0 Å². The number of carbonyl (C=O) groups is 1. The van der Waals surface area contributed by atoms with Gasteiger partial charge < -0.3 is 5.32 Å². The highest BCUT2D eigenvalue weighted by atomic mass is 16.1. The second kappa shape index (κ2) is 6.75. The fraction of sp³-hybridized carbons (Fsp3) is 0.111. The van der Waals surface area contributed by atoms with Crippen molar-refractivity contribution in [3.63, 3.8) is 0 Å². The first kappa shape index (κ1) is 15.4. The van der Waals surface area contributed by atoms with E-state index in [2.05, 4.69) is 21.6 Å². The second-order valence-corrected chi connectivity index (χ2v) is 5.23. The highest BCUT2D eigenvalue weighted by Gasteiger charge is 2.11. The van der Waals surface area contributed by atoms with Gasteiger partial charge in [-0.1, -0.05) is 18.2 Å². The van der Waals surface area contributed by atoms with Gasteiger partial charge in [-0.15, -0.1) is 10.2 Å². The summed E-state index contributed by atoms with van der Waals surface area (Å²) in [4.78, 5) is 11.8. The molecule has 0 saturated heterocycles. The molecule has 0 aliphatic rings. The molecule has 0 atom stereocenters. The number of para-hydroxylation sites is 1. The van der Waals surface area contributed by atoms with E-state index < -0.39 is 0 Å². The normalized spacial score (nSPS) is 10.2. The fourth-order valence-corrected chi connectivity index (χ4v) is 2.43. The van der Waals surface area contributed by atoms with E-state index in [1.807, 2.05) is 34.9 Å². The summed E-state index contributed by atoms with van der Waals surface area (Å²) in [5.74, 6) is 0.643. The van der Waals surface area contributed by atoms with Gasteiger partial charge >= 0.3 is 0 Å². The number of benzene rings is 2. The molecule has 0 aliphatic heterocycles. The largest absolute Gasteiger partial charge is 0.377 e. The topological polar surface area (TPSA) is 83.6 Å². The van der Waals surface area contributed by atoms with E-state index in [1.165, 1.54) is 6.92 Å². The molecule has 1 heterocycles. The molecule has 0 bridgehead atoms. The zero-order valence-corrected chi connectivity index (χ0v) is 13.1. The number of anilines is 1. The van der Waals surface area contributed by atoms with Gasteiger partial charge in [0, 0.05) is 16.9 Å². The van der Waals surface area contributed by atoms with Crippen LogP contribution >= 0.6 is 0 Å². The van der Waals surface area contributed by atoms with Gasteiger partial charge in [0.25, 0.3) is 0 Å². The van der Waals surface area contributed by atoms with Crippen LogP contribution in [0.1, 0.15) is 28.7 Å². The lowest BCUT2D eigenvalue weighted by Gasteiger charge is -2.11. The number of carbonyl (C=O) groups excluding carboxylic acids is 1. The summed E-state index contributed by atoms with van der Waals surface area (Å²) in [6.45, 7) is 1.88. The lowest BCUT2D eigenvalue weighted by Crippen LogP contribution is -2.10. The van der Waals surface area contributed by atoms with E-state index in [0.717, 1.165) is 5.69 Å². The van der Waals surface area contributed by atoms with Crippen LogP contribution in [0.15, 0.2) is 54.9 Å². The van der Waals surface area contributed by atoms with Gasteiger partial charge in [0.2, 0.25) is 0 Å². The summed E-state index contributed by atoms with van der Waals surface area (Å²) in [6, 6.07) is 16.8. The molecule has 6 heteroatoms. The van der Waals surface area contributed by atoms with Crippen LogP contribution in [0.5, 0.6) is 0 Å². The Bertz CT molecular complexity index is 909. The van der Waals surface area contributed by atoms with E-state index in [0.29, 0.717) is 29.2 Å². The van der Waals surface area contributed by atoms with Gasteiger partial charge in [0.15, 0.2) is 11.6 Å². The summed E-state index contributed by atoms with van der Waals surface area (Å²) in [6.07, 6.45) is 1.64. The lowest BCUT2D eigenvalue weighted by atomic mass is 10.1. The Labute approximate surface area is 139 Å². The maximum Gasteiger partial charge on any atom is 0.161 e. The van der Waals surface area contributed by atoms with Crippen molar-refractivity contribution < 1.29 is 4.79 Å². The van der Waals surface area contributed by atoms with Gasteiger partial charge in [0.05, 0.1) is 18.2 Å². The standard InChI is InChI=1S/C18H15N5O/c1-13(24)16-8-7-14(10-19)9-17(16)20-11-18-22-21-12-23(18)15-5-3-2-4-6-15/h2-9,12,20H,11H2,1H3. The monoisotopic (exact) mass is 317 g/mol. The first-order valence-corrected chi connectivity index (χ1v) is 7.42. The average Bonchev–Trinajstić information content (AvgIpc) is 3.08. The van der Waals surface area contributed by atoms with E-state index in [1.54, 1.807) is 24.5 Å². The number of nitrogens with one attached hydrogen (secondary N) is 1. The third-order valence-electron chi connectivity index (χ3n) is 3.62. The molecule has 0 aliphatic carbocycles. The first-order chi connectivity index (χ1) is 11.7. The summed E-state index contributed by atoms with van der Waals surface area (Å²) in [7, 11) is 0. The van der Waals surface area contributed by atoms with Crippen LogP contribution in [0.4, 0.5) is 5.69 Å². The molecule has 6 nitrogen and oxygen atoms in total. The lowest BCUT2D eigenvalue weighted by molar-refractivity contribution is 0.101. The number of hydrogen-bond donors (Lipinski definition) is 1. The molecule has 3 aromatic rings. The summed E-state index contributed by atoms with van der Waals surface area (Å²) >= 11 is 0. The van der Waals surface area contributed by atoms with Crippen LogP contribution in [0.3, 0.4) is 0 Å². The van der Waals surface area contributed by atoms with Crippen LogP contribution in [-0.4, -0.2) is 20.5 Å². The second-order valence-electron chi connectivity index (χ2n) is 5.23. The minimum atomic E-state index is -0.0634. The van der Waals surface area contributed by atoms with Gasteiger partial charge in [-0.25, -0.2) is 0 Å². The van der Waals surface area contributed by atoms with Crippen molar-refractivity contribution in [3.05, 3.63) is 71.8 Å². The van der Waals surface area contributed by atoms with Crippen molar-refractivity contribution in [2.24, 2.45) is 0 Å². The smallest absolute Gasteiger partial charge is 0.161 e. The van der Waals surface area contributed by atoms with E-state index >= 15 is 0 Å². The Kier molecular flexibility index (Phi) is 4.34. The van der Waals surface area contributed by atoms with Crippen molar-refractivity contribution in [2.75, 3.05) is 5.32 Å². The minimum absolute atomic E-state index is 0.0634. The zero-order chi connectivity index (χ0) is 16.9. The number of nitrogens with zero attached hydrogens (tertiary/aromatic N) is 4. The molecule has 24 heavy (non-hydrogen) atoms. The van der Waals surface area contributed by atoms with Crippen molar-refractivity contribution in [1.82, 2.24) is 14.8 Å². The summed E-state index contributed by atoms with van der Waals surface area (Å²) < 4.78 is 1.87. The average molecular weight is 317 g/mol. The van der Waals surface area contributed by atoms with E-state index in [9.17, 15) is 4.79 Å². The number of aromatic nitrogens is 3. The molecule has 2 aromatic carbocycles. The van der Waals surface area contributed by atoms with Crippen molar-refractivity contribution in [1.29, 1.82) is 5.26 Å². The Balaban J connectivity index is 1.86. The Hall–Kier alpha value is -3.46. The number of Topliss-reactive ketones (excluding diaryl/α,β-unsaturated/α-hetero) is 1. The molecule has 118 valence electrons. The fourth-order valence-electron chi connectivity index (χ4n) is 2.43. The van der Waals surface area contributed by atoms with Gasteiger partial charge in [-0.3, -0.25) is 9.36 Å². The molecular formula is C18H15N5O.